The lowest BCUT2D eigenvalue weighted by atomic mass is 10.1. The van der Waals surface area contributed by atoms with Crippen molar-refractivity contribution < 1.29 is 9.59 Å². The molecule has 140 valence electrons. The molecule has 2 aliphatic rings. The molecule has 0 atom stereocenters. The van der Waals surface area contributed by atoms with Crippen molar-refractivity contribution in [1.82, 2.24) is 15.2 Å². The number of thioether (sulfide) groups is 1. The molecule has 0 unspecified atom stereocenters. The van der Waals surface area contributed by atoms with Gasteiger partial charge >= 0.3 is 0 Å². The molecule has 0 spiro atoms. The topological polar surface area (TPSA) is 99.8 Å². The number of aromatic nitrogens is 3. The molecule has 3 aromatic rings. The van der Waals surface area contributed by atoms with Crippen molar-refractivity contribution in [2.24, 2.45) is 0 Å². The van der Waals surface area contributed by atoms with Crippen LogP contribution in [0.25, 0.3) is 11.4 Å². The zero-order chi connectivity index (χ0) is 19.1. The predicted molar refractivity (Wildman–Crippen MR) is 108 cm³/mol. The number of carbonyl (C=O) groups excluding carboxylic acids is 2. The molecule has 1 aliphatic carbocycles. The van der Waals surface area contributed by atoms with E-state index in [1.54, 1.807) is 12.1 Å². The molecular weight excluding hydrogens is 374 g/mol. The maximum atomic E-state index is 12.7. The largest absolute Gasteiger partial charge is 0.324 e. The second-order valence-electron chi connectivity index (χ2n) is 6.90. The van der Waals surface area contributed by atoms with Crippen LogP contribution >= 0.6 is 11.8 Å². The number of aromatic amines is 1. The van der Waals surface area contributed by atoms with E-state index in [-0.39, 0.29) is 11.8 Å². The van der Waals surface area contributed by atoms with Gasteiger partial charge in [-0.15, -0.1) is 11.8 Å². The lowest BCUT2D eigenvalue weighted by Crippen LogP contribution is -2.19. The Bertz CT molecular complexity index is 1090. The number of hydrogen-bond acceptors (Lipinski definition) is 5. The summed E-state index contributed by atoms with van der Waals surface area (Å²) >= 11 is 1.47. The maximum Gasteiger partial charge on any atom is 0.255 e. The molecule has 0 saturated heterocycles. The van der Waals surface area contributed by atoms with Crippen LogP contribution in [-0.4, -0.2) is 32.7 Å². The van der Waals surface area contributed by atoms with Crippen molar-refractivity contribution in [2.45, 2.75) is 23.7 Å². The molecule has 0 bridgehead atoms. The van der Waals surface area contributed by atoms with Gasteiger partial charge in [0.25, 0.3) is 5.91 Å². The lowest BCUT2D eigenvalue weighted by molar-refractivity contribution is -0.113. The van der Waals surface area contributed by atoms with Crippen molar-refractivity contribution in [3.05, 3.63) is 53.9 Å². The van der Waals surface area contributed by atoms with E-state index in [4.69, 9.17) is 0 Å². The molecule has 1 aromatic heterocycles. The molecule has 8 heteroatoms. The summed E-state index contributed by atoms with van der Waals surface area (Å²) in [6, 6.07) is 12.8. The van der Waals surface area contributed by atoms with Crippen LogP contribution in [0.1, 0.15) is 34.9 Å². The van der Waals surface area contributed by atoms with Gasteiger partial charge in [0.05, 0.1) is 11.4 Å². The Morgan fingerprint density at radius 2 is 2.07 bits per heavy atom. The summed E-state index contributed by atoms with van der Waals surface area (Å²) in [6.45, 7) is 0. The molecule has 5 rings (SSSR count). The summed E-state index contributed by atoms with van der Waals surface area (Å²) in [7, 11) is 0. The number of H-pyrrole nitrogens is 1. The first-order chi connectivity index (χ1) is 13.7. The molecule has 28 heavy (non-hydrogen) atoms. The van der Waals surface area contributed by atoms with E-state index >= 15 is 0 Å². The Balaban J connectivity index is 1.35. The fraction of sp³-hybridized carbons (Fsp3) is 0.200. The highest BCUT2D eigenvalue weighted by atomic mass is 32.2. The summed E-state index contributed by atoms with van der Waals surface area (Å²) in [5.41, 5.74) is 2.67. The van der Waals surface area contributed by atoms with E-state index in [1.807, 2.05) is 30.3 Å². The summed E-state index contributed by atoms with van der Waals surface area (Å²) in [5.74, 6) is 2.17. The fourth-order valence-corrected chi connectivity index (χ4v) is 3.89. The number of anilines is 2. The summed E-state index contributed by atoms with van der Waals surface area (Å²) in [6.07, 6.45) is 2.31. The van der Waals surface area contributed by atoms with Gasteiger partial charge in [-0.3, -0.25) is 14.7 Å². The van der Waals surface area contributed by atoms with Crippen molar-refractivity contribution >= 4 is 35.0 Å². The average Bonchev–Trinajstić information content (AvgIpc) is 3.44. The normalized spacial score (nSPS) is 15.6. The molecule has 2 amide bonds. The minimum Gasteiger partial charge on any atom is -0.324 e. The number of hydrogen-bond donors (Lipinski definition) is 3. The minimum absolute atomic E-state index is 0.0557. The van der Waals surface area contributed by atoms with E-state index in [0.29, 0.717) is 34.4 Å². The molecule has 7 nitrogen and oxygen atoms in total. The first-order valence-electron chi connectivity index (χ1n) is 9.06. The molecule has 1 aliphatic heterocycles. The van der Waals surface area contributed by atoms with Crippen LogP contribution < -0.4 is 10.6 Å². The van der Waals surface area contributed by atoms with E-state index in [1.165, 1.54) is 11.8 Å². The number of benzene rings is 2. The fourth-order valence-electron chi connectivity index (χ4n) is 3.11. The number of nitrogens with one attached hydrogen (secondary N) is 3. The van der Waals surface area contributed by atoms with Gasteiger partial charge in [-0.1, -0.05) is 12.1 Å². The van der Waals surface area contributed by atoms with E-state index < -0.39 is 0 Å². The van der Waals surface area contributed by atoms with E-state index in [2.05, 4.69) is 25.8 Å². The monoisotopic (exact) mass is 391 g/mol. The third kappa shape index (κ3) is 3.38. The van der Waals surface area contributed by atoms with Crippen molar-refractivity contribution in [3.63, 3.8) is 0 Å². The quantitative estimate of drug-likeness (QED) is 0.630. The van der Waals surface area contributed by atoms with Gasteiger partial charge in [0.15, 0.2) is 5.82 Å². The molecule has 1 fully saturated rings. The number of rotatable bonds is 4. The van der Waals surface area contributed by atoms with Gasteiger partial charge in [0.2, 0.25) is 5.91 Å². The molecule has 3 N–H and O–H groups in total. The Kier molecular flexibility index (Phi) is 4.12. The third-order valence-electron chi connectivity index (χ3n) is 4.72. The van der Waals surface area contributed by atoms with Gasteiger partial charge in [0.1, 0.15) is 5.82 Å². The van der Waals surface area contributed by atoms with Crippen LogP contribution in [0.3, 0.4) is 0 Å². The van der Waals surface area contributed by atoms with Crippen LogP contribution in [-0.2, 0) is 4.79 Å². The third-order valence-corrected chi connectivity index (χ3v) is 5.79. The SMILES string of the molecule is O=C1CSc2ccc(C(=O)Nc3cccc(-c4n[nH]c(C5CC5)n4)c3)cc2N1. The summed E-state index contributed by atoms with van der Waals surface area (Å²) < 4.78 is 0. The van der Waals surface area contributed by atoms with Crippen LogP contribution in [0.15, 0.2) is 47.4 Å². The lowest BCUT2D eigenvalue weighted by Gasteiger charge is -2.17. The van der Waals surface area contributed by atoms with Gasteiger partial charge in [0, 0.05) is 27.6 Å². The Hall–Kier alpha value is -3.13. The highest BCUT2D eigenvalue weighted by molar-refractivity contribution is 8.00. The zero-order valence-corrected chi connectivity index (χ0v) is 15.7. The summed E-state index contributed by atoms with van der Waals surface area (Å²) in [4.78, 5) is 29.8. The number of carbonyl (C=O) groups is 2. The average molecular weight is 391 g/mol. The van der Waals surface area contributed by atoms with Gasteiger partial charge < -0.3 is 10.6 Å². The minimum atomic E-state index is -0.238. The predicted octanol–water partition coefficient (Wildman–Crippen LogP) is 3.65. The van der Waals surface area contributed by atoms with E-state index in [0.717, 1.165) is 29.1 Å². The molecular formula is C20H17N5O2S. The number of nitrogens with zero attached hydrogens (tertiary/aromatic N) is 2. The van der Waals surface area contributed by atoms with Crippen molar-refractivity contribution in [1.29, 1.82) is 0 Å². The first-order valence-corrected chi connectivity index (χ1v) is 10.0. The molecule has 1 saturated carbocycles. The summed E-state index contributed by atoms with van der Waals surface area (Å²) in [5, 5.41) is 13.0. The van der Waals surface area contributed by atoms with Gasteiger partial charge in [-0.2, -0.15) is 5.10 Å². The van der Waals surface area contributed by atoms with Crippen LogP contribution in [0.2, 0.25) is 0 Å². The second-order valence-corrected chi connectivity index (χ2v) is 7.92. The number of amides is 2. The van der Waals surface area contributed by atoms with Crippen LogP contribution in [0.5, 0.6) is 0 Å². The Morgan fingerprint density at radius 1 is 1.18 bits per heavy atom. The highest BCUT2D eigenvalue weighted by Crippen LogP contribution is 2.38. The molecule has 2 heterocycles. The molecule has 2 aromatic carbocycles. The Morgan fingerprint density at radius 3 is 2.93 bits per heavy atom. The van der Waals surface area contributed by atoms with Crippen molar-refractivity contribution in [3.8, 4) is 11.4 Å². The standard InChI is InChI=1S/C20H17N5O2S/c26-17-10-28-16-7-6-13(9-15(16)22-17)20(27)21-14-3-1-2-12(8-14)19-23-18(24-25-19)11-4-5-11/h1-3,6-9,11H,4-5,10H2,(H,21,27)(H,22,26)(H,23,24,25). The van der Waals surface area contributed by atoms with Crippen LogP contribution in [0, 0.1) is 0 Å². The zero-order valence-electron chi connectivity index (χ0n) is 14.9. The van der Waals surface area contributed by atoms with Crippen molar-refractivity contribution in [2.75, 3.05) is 16.4 Å². The Labute approximate surface area is 165 Å². The van der Waals surface area contributed by atoms with Gasteiger partial charge in [-0.05, 0) is 43.2 Å². The second kappa shape index (κ2) is 6.79. The first kappa shape index (κ1) is 17.0. The number of fused-ring (bicyclic) bond motifs is 1. The maximum absolute atomic E-state index is 12.7. The molecule has 0 radical (unpaired) electrons. The van der Waals surface area contributed by atoms with E-state index in [9.17, 15) is 9.59 Å². The smallest absolute Gasteiger partial charge is 0.255 e. The highest BCUT2D eigenvalue weighted by Gasteiger charge is 2.27. The van der Waals surface area contributed by atoms with Crippen LogP contribution in [0.4, 0.5) is 11.4 Å². The van der Waals surface area contributed by atoms with Gasteiger partial charge in [-0.25, -0.2) is 4.98 Å².